The second kappa shape index (κ2) is 10.6. The predicted molar refractivity (Wildman–Crippen MR) is 88.5 cm³/mol. The Morgan fingerprint density at radius 3 is 2.29 bits per heavy atom. The van der Waals surface area contributed by atoms with E-state index >= 15 is 0 Å². The summed E-state index contributed by atoms with van der Waals surface area (Å²) in [6, 6.07) is 2.56. The maximum absolute atomic E-state index is 13.3. The second-order valence-corrected chi connectivity index (χ2v) is 6.95. The van der Waals surface area contributed by atoms with Crippen LogP contribution in [0.4, 0.5) is 17.6 Å². The second-order valence-electron chi connectivity index (χ2n) is 5.23. The summed E-state index contributed by atoms with van der Waals surface area (Å²) in [5, 5.41) is 9.23. The van der Waals surface area contributed by atoms with E-state index in [-0.39, 0.29) is 35.2 Å². The molecule has 0 spiro atoms. The van der Waals surface area contributed by atoms with Crippen molar-refractivity contribution in [1.29, 1.82) is 0 Å². The summed E-state index contributed by atoms with van der Waals surface area (Å²) in [4.78, 5) is 0. The zero-order valence-corrected chi connectivity index (χ0v) is 14.5. The van der Waals surface area contributed by atoms with Gasteiger partial charge in [0.1, 0.15) is 23.1 Å². The van der Waals surface area contributed by atoms with Crippen molar-refractivity contribution in [2.24, 2.45) is 0 Å². The van der Waals surface area contributed by atoms with Crippen LogP contribution >= 0.6 is 11.8 Å². The van der Waals surface area contributed by atoms with E-state index < -0.39 is 24.7 Å². The largest absolute Gasteiger partial charge is 0.461 e. The molecule has 1 rings (SSSR count). The number of alkyl halides is 2. The Kier molecular flexibility index (Phi) is 9.21. The number of ether oxygens (including phenoxy) is 1. The third kappa shape index (κ3) is 7.13. The Labute approximate surface area is 143 Å². The van der Waals surface area contributed by atoms with E-state index in [0.29, 0.717) is 12.5 Å². The molecule has 1 unspecified atom stereocenters. The van der Waals surface area contributed by atoms with Gasteiger partial charge in [0.2, 0.25) is 0 Å². The van der Waals surface area contributed by atoms with E-state index in [0.717, 1.165) is 17.9 Å². The normalized spacial score (nSPS) is 13.8. The smallest absolute Gasteiger partial charge is 0.263 e. The maximum Gasteiger partial charge on any atom is 0.263 e. The molecule has 7 heteroatoms. The molecule has 1 N–H and O–H groups in total. The first kappa shape index (κ1) is 20.8. The minimum atomic E-state index is -2.81. The zero-order chi connectivity index (χ0) is 18.1. The molecule has 0 aliphatic carbocycles. The molecule has 0 aromatic heterocycles. The molecule has 0 bridgehead atoms. The van der Waals surface area contributed by atoms with Gasteiger partial charge in [-0.05, 0) is 12.2 Å². The maximum atomic E-state index is 13.3. The number of rotatable bonds is 10. The van der Waals surface area contributed by atoms with E-state index in [1.807, 2.05) is 13.8 Å². The van der Waals surface area contributed by atoms with Crippen molar-refractivity contribution < 1.29 is 27.4 Å². The van der Waals surface area contributed by atoms with Crippen molar-refractivity contribution in [3.8, 4) is 5.75 Å². The van der Waals surface area contributed by atoms with E-state index in [1.165, 1.54) is 0 Å². The van der Waals surface area contributed by atoms with Crippen molar-refractivity contribution in [1.82, 2.24) is 0 Å². The van der Waals surface area contributed by atoms with Crippen LogP contribution in [0, 0.1) is 11.6 Å². The van der Waals surface area contributed by atoms with Gasteiger partial charge >= 0.3 is 0 Å². The van der Waals surface area contributed by atoms with Gasteiger partial charge in [0.25, 0.3) is 6.43 Å². The van der Waals surface area contributed by atoms with Crippen LogP contribution in [-0.2, 0) is 0 Å². The number of thioether (sulfide) groups is 1. The highest BCUT2D eigenvalue weighted by molar-refractivity contribution is 7.99. The standard InChI is InChI=1S/C17H22F4O2S/c1-3-24-11(2)4-5-16(15(6-7-22)17(20)21)23-14-9-12(18)8-13(19)10-14/h8-11,17,22H,3-7H2,1-2H3/b16-15-. The van der Waals surface area contributed by atoms with Gasteiger partial charge in [-0.15, -0.1) is 0 Å². The van der Waals surface area contributed by atoms with Crippen LogP contribution in [0.1, 0.15) is 33.1 Å². The van der Waals surface area contributed by atoms with Crippen molar-refractivity contribution in [2.75, 3.05) is 12.4 Å². The van der Waals surface area contributed by atoms with Gasteiger partial charge in [-0.1, -0.05) is 13.8 Å². The average Bonchev–Trinajstić information content (AvgIpc) is 2.48. The summed E-state index contributed by atoms with van der Waals surface area (Å²) < 4.78 is 58.5. The number of aliphatic hydroxyl groups excluding tert-OH is 1. The zero-order valence-electron chi connectivity index (χ0n) is 13.7. The molecule has 0 fully saturated rings. The SMILES string of the molecule is CCSC(C)CC/C(Oc1cc(F)cc(F)c1)=C(\CCO)C(F)F. The topological polar surface area (TPSA) is 29.5 Å². The lowest BCUT2D eigenvalue weighted by Crippen LogP contribution is -2.11. The van der Waals surface area contributed by atoms with Crippen LogP contribution in [0.5, 0.6) is 5.75 Å². The van der Waals surface area contributed by atoms with Gasteiger partial charge in [-0.25, -0.2) is 17.6 Å². The van der Waals surface area contributed by atoms with Gasteiger partial charge in [0.05, 0.1) is 0 Å². The molecular weight excluding hydrogens is 344 g/mol. The van der Waals surface area contributed by atoms with Crippen LogP contribution in [0.3, 0.4) is 0 Å². The minimum Gasteiger partial charge on any atom is -0.461 e. The molecule has 1 aromatic rings. The molecule has 0 radical (unpaired) electrons. The number of halogens is 4. The van der Waals surface area contributed by atoms with Gasteiger partial charge < -0.3 is 9.84 Å². The molecule has 1 atom stereocenters. The lowest BCUT2D eigenvalue weighted by molar-refractivity contribution is 0.167. The third-order valence-corrected chi connectivity index (χ3v) is 4.45. The number of hydrogen-bond acceptors (Lipinski definition) is 3. The molecule has 2 nitrogen and oxygen atoms in total. The number of hydrogen-bond donors (Lipinski definition) is 1. The first-order valence-electron chi connectivity index (χ1n) is 7.73. The Hall–Kier alpha value is -1.21. The van der Waals surface area contributed by atoms with Crippen molar-refractivity contribution in [3.63, 3.8) is 0 Å². The summed E-state index contributed by atoms with van der Waals surface area (Å²) in [6.45, 7) is 3.52. The molecule has 1 aromatic carbocycles. The lowest BCUT2D eigenvalue weighted by atomic mass is 10.1. The molecule has 0 aliphatic rings. The molecule has 136 valence electrons. The Morgan fingerprint density at radius 1 is 1.17 bits per heavy atom. The van der Waals surface area contributed by atoms with E-state index in [2.05, 4.69) is 0 Å². The fourth-order valence-electron chi connectivity index (χ4n) is 2.20. The van der Waals surface area contributed by atoms with Crippen LogP contribution in [0.15, 0.2) is 29.5 Å². The van der Waals surface area contributed by atoms with E-state index in [9.17, 15) is 17.6 Å². The highest BCUT2D eigenvalue weighted by Crippen LogP contribution is 2.28. The molecular formula is C17H22F4O2S. The lowest BCUT2D eigenvalue weighted by Gasteiger charge is -2.18. The summed E-state index contributed by atoms with van der Waals surface area (Å²) in [7, 11) is 0. The minimum absolute atomic E-state index is 0.0346. The Bertz CT molecular complexity index is 529. The first-order chi connectivity index (χ1) is 11.4. The highest BCUT2D eigenvalue weighted by atomic mass is 32.2. The third-order valence-electron chi connectivity index (χ3n) is 3.31. The van der Waals surface area contributed by atoms with Gasteiger partial charge in [-0.3, -0.25) is 0 Å². The highest BCUT2D eigenvalue weighted by Gasteiger charge is 2.20. The molecule has 0 saturated heterocycles. The average molecular weight is 366 g/mol. The van der Waals surface area contributed by atoms with Crippen molar-refractivity contribution >= 4 is 11.8 Å². The molecule has 0 saturated carbocycles. The van der Waals surface area contributed by atoms with Crippen LogP contribution in [0.2, 0.25) is 0 Å². The van der Waals surface area contributed by atoms with Gasteiger partial charge in [-0.2, -0.15) is 11.8 Å². The summed E-state index contributed by atoms with van der Waals surface area (Å²) in [6.07, 6.45) is -2.28. The summed E-state index contributed by atoms with van der Waals surface area (Å²) >= 11 is 1.68. The van der Waals surface area contributed by atoms with Crippen molar-refractivity contribution in [2.45, 2.75) is 44.8 Å². The fraction of sp³-hybridized carbons (Fsp3) is 0.529. The van der Waals surface area contributed by atoms with Crippen LogP contribution in [0.25, 0.3) is 0 Å². The van der Waals surface area contributed by atoms with Crippen LogP contribution < -0.4 is 4.74 Å². The number of aliphatic hydroxyl groups is 1. The summed E-state index contributed by atoms with van der Waals surface area (Å²) in [5.74, 6) is -1.00. The predicted octanol–water partition coefficient (Wildman–Crippen LogP) is 5.17. The van der Waals surface area contributed by atoms with Gasteiger partial charge in [0.15, 0.2) is 0 Å². The molecule has 0 aliphatic heterocycles. The molecule has 0 amide bonds. The monoisotopic (exact) mass is 366 g/mol. The number of allylic oxidation sites excluding steroid dienone is 1. The van der Waals surface area contributed by atoms with Crippen LogP contribution in [-0.4, -0.2) is 29.1 Å². The van der Waals surface area contributed by atoms with E-state index in [1.54, 1.807) is 11.8 Å². The van der Waals surface area contributed by atoms with Crippen molar-refractivity contribution in [3.05, 3.63) is 41.2 Å². The number of benzene rings is 1. The molecule has 0 heterocycles. The Morgan fingerprint density at radius 2 is 1.79 bits per heavy atom. The summed E-state index contributed by atoms with van der Waals surface area (Å²) in [5.41, 5.74) is -0.337. The molecule has 24 heavy (non-hydrogen) atoms. The van der Waals surface area contributed by atoms with E-state index in [4.69, 9.17) is 9.84 Å². The first-order valence-corrected chi connectivity index (χ1v) is 8.78. The quantitative estimate of drug-likeness (QED) is 0.458. The fourth-order valence-corrected chi connectivity index (χ4v) is 3.05. The van der Waals surface area contributed by atoms with Gasteiger partial charge in [0, 0.05) is 48.5 Å². The Balaban J connectivity index is 3.04.